The average Bonchev–Trinajstić information content (AvgIpc) is 4.00. The molecule has 0 fully saturated rings. The Morgan fingerprint density at radius 3 is 1.44 bits per heavy atom. The van der Waals surface area contributed by atoms with Crippen molar-refractivity contribution in [1.29, 1.82) is 0 Å². The largest absolute Gasteiger partial charge is 0.489 e. The van der Waals surface area contributed by atoms with Gasteiger partial charge in [0.15, 0.2) is 0 Å². The molecule has 0 radical (unpaired) electrons. The molecule has 0 unspecified atom stereocenters. The van der Waals surface area contributed by atoms with E-state index in [9.17, 15) is 19.2 Å². The number of aromatic nitrogens is 8. The summed E-state index contributed by atoms with van der Waals surface area (Å²) in [4.78, 5) is 61.7. The molecule has 2 aliphatic rings. The van der Waals surface area contributed by atoms with Crippen LogP contribution in [0.4, 0.5) is 11.9 Å². The molecule has 6 N–H and O–H groups in total. The summed E-state index contributed by atoms with van der Waals surface area (Å²) >= 11 is 0. The number of nitrogens with zero attached hydrogens (tertiary/aromatic N) is 8. The van der Waals surface area contributed by atoms with E-state index in [1.54, 1.807) is 45.8 Å². The molecule has 9 rings (SSSR count). The summed E-state index contributed by atoms with van der Waals surface area (Å²) in [5.41, 5.74) is 18.2. The summed E-state index contributed by atoms with van der Waals surface area (Å²) < 4.78 is 19.8. The standard InChI is InChI=1S/C42H42N12O6.2H2S/c1-5-51-31(11-21(3)49-51)39(57)47-41-45-29-15-25(37(43)55)17-33-35(29)53(41)27(19-59-33)13-23-9-7-8-10-24(23)14-28-20-60-34-18-26(38(44)56)16-30-36(34)54(28)42(46-30)48-40(58)32-12-22(4)50-52(32)6-2;;/h7-12,15-18,27-28H,5-6,13-14,19-20H2,1-4H3,(H2,43,55)(H2,44,56)(H,45,47,57)(H,46,48,58);2*1H2/t27-,28-;;/m0../s1. The summed E-state index contributed by atoms with van der Waals surface area (Å²) in [6.07, 6.45) is 0.950. The number of carbonyl (C=O) groups is 4. The molecule has 0 saturated heterocycles. The van der Waals surface area contributed by atoms with Crippen LogP contribution in [0.2, 0.25) is 0 Å². The lowest BCUT2D eigenvalue weighted by atomic mass is 9.94. The highest BCUT2D eigenvalue weighted by Gasteiger charge is 2.33. The van der Waals surface area contributed by atoms with Gasteiger partial charge in [0.2, 0.25) is 23.7 Å². The highest BCUT2D eigenvalue weighted by atomic mass is 32.1. The molecule has 62 heavy (non-hydrogen) atoms. The third-order valence-corrected chi connectivity index (χ3v) is 11.0. The number of rotatable bonds is 12. The molecule has 0 spiro atoms. The van der Waals surface area contributed by atoms with Crippen molar-refractivity contribution >= 4 is 84.6 Å². The van der Waals surface area contributed by atoms with Crippen LogP contribution in [0.1, 0.15) is 90.1 Å². The van der Waals surface area contributed by atoms with E-state index >= 15 is 0 Å². The lowest BCUT2D eigenvalue weighted by molar-refractivity contribution is 0.0991. The van der Waals surface area contributed by atoms with Crippen LogP contribution in [-0.2, 0) is 25.9 Å². The van der Waals surface area contributed by atoms with Crippen molar-refractivity contribution in [2.45, 2.75) is 65.7 Å². The molecule has 2 aliphatic heterocycles. The number of hydrogen-bond donors (Lipinski definition) is 4. The van der Waals surface area contributed by atoms with Crippen LogP contribution < -0.4 is 31.6 Å². The van der Waals surface area contributed by atoms with Crippen LogP contribution in [0.3, 0.4) is 0 Å². The van der Waals surface area contributed by atoms with Crippen molar-refractivity contribution in [3.8, 4) is 11.5 Å². The number of nitrogens with one attached hydrogen (secondary N) is 2. The van der Waals surface area contributed by atoms with Crippen molar-refractivity contribution in [2.24, 2.45) is 11.5 Å². The van der Waals surface area contributed by atoms with Gasteiger partial charge >= 0.3 is 0 Å². The van der Waals surface area contributed by atoms with Gasteiger partial charge in [-0.2, -0.15) is 37.2 Å². The highest BCUT2D eigenvalue weighted by Crippen LogP contribution is 2.41. The number of hydrogen-bond acceptors (Lipinski definition) is 10. The number of amides is 4. The van der Waals surface area contributed by atoms with Crippen LogP contribution in [0, 0.1) is 13.8 Å². The van der Waals surface area contributed by atoms with E-state index in [0.717, 1.165) is 11.1 Å². The van der Waals surface area contributed by atoms with E-state index in [0.29, 0.717) is 94.2 Å². The van der Waals surface area contributed by atoms with E-state index in [4.69, 9.17) is 30.9 Å². The van der Waals surface area contributed by atoms with Gasteiger partial charge in [-0.25, -0.2) is 9.97 Å². The minimum absolute atomic E-state index is 0. The Labute approximate surface area is 368 Å². The molecule has 6 heterocycles. The Morgan fingerprint density at radius 1 is 0.661 bits per heavy atom. The number of aryl methyl sites for hydroxylation is 4. The summed E-state index contributed by atoms with van der Waals surface area (Å²) in [7, 11) is 0. The van der Waals surface area contributed by atoms with Crippen LogP contribution in [0.15, 0.2) is 60.7 Å². The maximum atomic E-state index is 13.8. The Morgan fingerprint density at radius 2 is 1.06 bits per heavy atom. The predicted octanol–water partition coefficient (Wildman–Crippen LogP) is 4.72. The normalized spacial score (nSPS) is 15.0. The highest BCUT2D eigenvalue weighted by molar-refractivity contribution is 7.59. The van der Waals surface area contributed by atoms with Crippen LogP contribution in [0.5, 0.6) is 11.5 Å². The van der Waals surface area contributed by atoms with E-state index in [-0.39, 0.29) is 75.2 Å². The second-order valence-corrected chi connectivity index (χ2v) is 15.0. The van der Waals surface area contributed by atoms with Crippen molar-refractivity contribution in [1.82, 2.24) is 38.7 Å². The molecule has 7 aromatic rings. The Kier molecular flexibility index (Phi) is 11.8. The first-order valence-corrected chi connectivity index (χ1v) is 19.7. The van der Waals surface area contributed by atoms with Crippen LogP contribution in [-0.4, -0.2) is 75.5 Å². The van der Waals surface area contributed by atoms with Gasteiger partial charge in [0.05, 0.1) is 34.5 Å². The second-order valence-electron chi connectivity index (χ2n) is 15.0. The third kappa shape index (κ3) is 7.59. The van der Waals surface area contributed by atoms with Crippen LogP contribution >= 0.6 is 27.0 Å². The van der Waals surface area contributed by atoms with Crippen LogP contribution in [0.25, 0.3) is 22.1 Å². The first-order chi connectivity index (χ1) is 28.9. The summed E-state index contributed by atoms with van der Waals surface area (Å²) in [5, 5.41) is 14.9. The monoisotopic (exact) mass is 878 g/mol. The summed E-state index contributed by atoms with van der Waals surface area (Å²) in [5.74, 6) is -0.566. The maximum Gasteiger partial charge on any atom is 0.276 e. The molecule has 4 amide bonds. The number of ether oxygens (including phenoxy) is 2. The molecule has 0 bridgehead atoms. The van der Waals surface area contributed by atoms with Crippen molar-refractivity contribution in [2.75, 3.05) is 23.8 Å². The quantitative estimate of drug-likeness (QED) is 0.132. The molecule has 2 atom stereocenters. The topological polar surface area (TPSA) is 234 Å². The fraction of sp³-hybridized carbons (Fsp3) is 0.286. The molecule has 4 aromatic heterocycles. The van der Waals surface area contributed by atoms with E-state index < -0.39 is 11.8 Å². The lowest BCUT2D eigenvalue weighted by Gasteiger charge is -2.30. The Balaban J connectivity index is 0.00000289. The molecule has 0 saturated carbocycles. The first-order valence-electron chi connectivity index (χ1n) is 19.7. The molecule has 20 heteroatoms. The zero-order valence-electron chi connectivity index (χ0n) is 34.4. The fourth-order valence-corrected chi connectivity index (χ4v) is 8.34. The van der Waals surface area contributed by atoms with E-state index in [1.165, 1.54) is 0 Å². The molecule has 3 aromatic carbocycles. The number of benzene rings is 3. The molecular formula is C42H46N12O6S2. The van der Waals surface area contributed by atoms with Crippen molar-refractivity contribution in [3.05, 3.63) is 106 Å². The fourth-order valence-electron chi connectivity index (χ4n) is 8.34. The van der Waals surface area contributed by atoms with Gasteiger partial charge in [0.1, 0.15) is 47.1 Å². The first kappa shape index (κ1) is 43.3. The minimum Gasteiger partial charge on any atom is -0.489 e. The summed E-state index contributed by atoms with van der Waals surface area (Å²) in [6, 6.07) is 17.2. The Bertz CT molecular complexity index is 2740. The van der Waals surface area contributed by atoms with Gasteiger partial charge in [-0.1, -0.05) is 24.3 Å². The average molecular weight is 879 g/mol. The lowest BCUT2D eigenvalue weighted by Crippen LogP contribution is -2.29. The number of carbonyl (C=O) groups excluding carboxylic acids is 4. The maximum absolute atomic E-state index is 13.8. The van der Waals surface area contributed by atoms with Gasteiger partial charge in [0, 0.05) is 24.2 Å². The number of imidazole rings is 2. The van der Waals surface area contributed by atoms with Gasteiger partial charge in [-0.3, -0.25) is 48.3 Å². The zero-order chi connectivity index (χ0) is 42.0. The van der Waals surface area contributed by atoms with Crippen molar-refractivity contribution < 1.29 is 28.7 Å². The summed E-state index contributed by atoms with van der Waals surface area (Å²) in [6.45, 7) is 8.89. The number of anilines is 2. The van der Waals surface area contributed by atoms with Gasteiger partial charge < -0.3 is 20.9 Å². The predicted molar refractivity (Wildman–Crippen MR) is 241 cm³/mol. The van der Waals surface area contributed by atoms with Crippen molar-refractivity contribution in [3.63, 3.8) is 0 Å². The molecular weight excluding hydrogens is 833 g/mol. The third-order valence-electron chi connectivity index (χ3n) is 11.0. The molecule has 18 nitrogen and oxygen atoms in total. The van der Waals surface area contributed by atoms with Gasteiger partial charge in [-0.05, 0) is 88.1 Å². The number of primary amides is 2. The van der Waals surface area contributed by atoms with Gasteiger partial charge in [-0.15, -0.1) is 0 Å². The minimum atomic E-state index is -0.626. The smallest absolute Gasteiger partial charge is 0.276 e. The SMILES string of the molecule is CCn1nc(C)cc1C(=O)Nc1nc2cc(C(N)=O)cc3c2n1[C@@H](Cc1ccccc1C[C@H]1COc2cc(C(N)=O)cc4nc(NC(=O)c5cc(C)nn5CC)n1c24)CO3.S.S. The number of nitrogens with two attached hydrogens (primary N) is 2. The zero-order valence-corrected chi connectivity index (χ0v) is 36.4. The van der Waals surface area contributed by atoms with E-state index in [1.807, 2.05) is 61.1 Å². The molecule has 0 aliphatic carbocycles. The molecule has 322 valence electrons. The van der Waals surface area contributed by atoms with E-state index in [2.05, 4.69) is 20.8 Å². The second kappa shape index (κ2) is 16.9. The Hall–Kier alpha value is -6.80. The van der Waals surface area contributed by atoms with Gasteiger partial charge in [0.25, 0.3) is 11.8 Å².